The van der Waals surface area contributed by atoms with Gasteiger partial charge in [0.15, 0.2) is 11.6 Å². The molecule has 0 amide bonds. The predicted molar refractivity (Wildman–Crippen MR) is 134 cm³/mol. The number of ether oxygens (including phenoxy) is 2. The Balaban J connectivity index is 1.44. The molecule has 1 N–H and O–H groups in total. The molecule has 35 heavy (non-hydrogen) atoms. The third-order valence-electron chi connectivity index (χ3n) is 7.77. The van der Waals surface area contributed by atoms with Gasteiger partial charge >= 0.3 is 0 Å². The number of rotatable bonds is 7. The number of allylic oxidation sites excluding steroid dienone is 1. The third kappa shape index (κ3) is 4.41. The highest BCUT2D eigenvalue weighted by Gasteiger charge is 2.46. The average molecular weight is 477 g/mol. The minimum atomic E-state index is -0.720. The fourth-order valence-corrected chi connectivity index (χ4v) is 5.76. The van der Waals surface area contributed by atoms with Crippen molar-refractivity contribution in [2.24, 2.45) is 11.3 Å². The lowest BCUT2D eigenvalue weighted by Gasteiger charge is -2.47. The maximum atomic E-state index is 14.3. The van der Waals surface area contributed by atoms with E-state index in [0.717, 1.165) is 37.1 Å². The van der Waals surface area contributed by atoms with Crippen molar-refractivity contribution < 1.29 is 19.0 Å². The number of aliphatic hydroxyl groups excluding tert-OH is 1. The van der Waals surface area contributed by atoms with Gasteiger partial charge in [0.2, 0.25) is 0 Å². The molecule has 3 aromatic rings. The van der Waals surface area contributed by atoms with Crippen molar-refractivity contribution in [1.29, 1.82) is 0 Å². The maximum absolute atomic E-state index is 14.3. The number of aromatic nitrogens is 2. The van der Waals surface area contributed by atoms with Gasteiger partial charge in [0.25, 0.3) is 0 Å². The van der Waals surface area contributed by atoms with Gasteiger partial charge in [-0.3, -0.25) is 0 Å². The molecule has 1 fully saturated rings. The van der Waals surface area contributed by atoms with Crippen LogP contribution in [0.3, 0.4) is 0 Å². The quantitative estimate of drug-likeness (QED) is 0.436. The fraction of sp³-hybridized carbons (Fsp3) is 0.414. The lowest BCUT2D eigenvalue weighted by atomic mass is 9.57. The molecule has 5 nitrogen and oxygen atoms in total. The van der Waals surface area contributed by atoms with Crippen LogP contribution < -0.4 is 4.74 Å². The van der Waals surface area contributed by atoms with Crippen LogP contribution in [0.4, 0.5) is 4.39 Å². The van der Waals surface area contributed by atoms with Crippen molar-refractivity contribution in [2.45, 2.75) is 45.6 Å². The Morgan fingerprint density at radius 1 is 1.20 bits per heavy atom. The number of nitrogens with zero attached hydrogens (tertiary/aromatic N) is 2. The molecule has 0 radical (unpaired) electrons. The van der Waals surface area contributed by atoms with Crippen molar-refractivity contribution in [1.82, 2.24) is 9.78 Å². The van der Waals surface area contributed by atoms with E-state index in [4.69, 9.17) is 14.6 Å². The highest BCUT2D eigenvalue weighted by atomic mass is 19.1. The number of fused-ring (bicyclic) bond motifs is 2. The second-order valence-corrected chi connectivity index (χ2v) is 10.0. The van der Waals surface area contributed by atoms with Crippen molar-refractivity contribution in [3.8, 4) is 11.4 Å². The molecule has 2 aliphatic rings. The molecule has 0 bridgehead atoms. The molecule has 2 aliphatic carbocycles. The molecule has 0 unspecified atom stereocenters. The molecule has 2 aromatic carbocycles. The fourth-order valence-electron chi connectivity index (χ4n) is 5.76. The molecular weight excluding hydrogens is 443 g/mol. The number of methoxy groups -OCH3 is 1. The Labute approximate surface area is 206 Å². The molecule has 0 saturated heterocycles. The molecule has 5 rings (SSSR count). The summed E-state index contributed by atoms with van der Waals surface area (Å²) in [6.45, 7) is 4.98. The Kier molecular flexibility index (Phi) is 6.51. The summed E-state index contributed by atoms with van der Waals surface area (Å²) >= 11 is 0. The van der Waals surface area contributed by atoms with Gasteiger partial charge in [0.05, 0.1) is 30.3 Å². The topological polar surface area (TPSA) is 56.5 Å². The summed E-state index contributed by atoms with van der Waals surface area (Å²) in [5, 5.41) is 16.3. The summed E-state index contributed by atoms with van der Waals surface area (Å²) in [6.07, 6.45) is 7.28. The zero-order chi connectivity index (χ0) is 24.6. The summed E-state index contributed by atoms with van der Waals surface area (Å²) < 4.78 is 26.9. The Bertz CT molecular complexity index is 1230. The molecule has 3 atom stereocenters. The van der Waals surface area contributed by atoms with E-state index < -0.39 is 11.9 Å². The lowest BCUT2D eigenvalue weighted by Crippen LogP contribution is -2.40. The Morgan fingerprint density at radius 2 is 2.00 bits per heavy atom. The third-order valence-corrected chi connectivity index (χ3v) is 7.77. The van der Waals surface area contributed by atoms with Crippen LogP contribution >= 0.6 is 0 Å². The Morgan fingerprint density at radius 3 is 2.77 bits per heavy atom. The first-order chi connectivity index (χ1) is 16.9. The van der Waals surface area contributed by atoms with Crippen LogP contribution in [0.25, 0.3) is 11.8 Å². The van der Waals surface area contributed by atoms with Crippen LogP contribution in [0.15, 0.2) is 54.2 Å². The first kappa shape index (κ1) is 23.8. The van der Waals surface area contributed by atoms with E-state index in [-0.39, 0.29) is 23.7 Å². The molecule has 1 saturated carbocycles. The zero-order valence-corrected chi connectivity index (χ0v) is 20.6. The van der Waals surface area contributed by atoms with E-state index in [1.807, 2.05) is 10.9 Å². The van der Waals surface area contributed by atoms with Gasteiger partial charge in [-0.25, -0.2) is 9.07 Å². The van der Waals surface area contributed by atoms with Gasteiger partial charge in [0.1, 0.15) is 6.61 Å². The summed E-state index contributed by atoms with van der Waals surface area (Å²) in [6, 6.07) is 13.1. The minimum absolute atomic E-state index is 0.00987. The molecule has 0 spiro atoms. The van der Waals surface area contributed by atoms with Crippen LogP contribution in [0, 0.1) is 24.1 Å². The summed E-state index contributed by atoms with van der Waals surface area (Å²) in [5.74, 6) is -0.269. The molecule has 1 aromatic heterocycles. The minimum Gasteiger partial charge on any atom is -0.488 e. The Hall–Kier alpha value is -2.96. The summed E-state index contributed by atoms with van der Waals surface area (Å²) in [5.41, 5.74) is 6.44. The molecule has 184 valence electrons. The van der Waals surface area contributed by atoms with Crippen LogP contribution in [-0.4, -0.2) is 35.2 Å². The van der Waals surface area contributed by atoms with Crippen molar-refractivity contribution in [3.05, 3.63) is 82.4 Å². The SMILES string of the molecule is COCCOc1cc([C@H](O)[C@H]2CCCC3=Cc4c(cnn4-c4ccc(C)cc4)C[C@@]32C)ccc1F. The number of hydrogen-bond acceptors (Lipinski definition) is 4. The molecule has 0 aliphatic heterocycles. The molecule has 1 heterocycles. The van der Waals surface area contributed by atoms with Gasteiger partial charge in [-0.05, 0) is 85.4 Å². The van der Waals surface area contributed by atoms with E-state index in [2.05, 4.69) is 44.2 Å². The highest BCUT2D eigenvalue weighted by molar-refractivity contribution is 5.61. The van der Waals surface area contributed by atoms with Gasteiger partial charge in [-0.1, -0.05) is 36.3 Å². The van der Waals surface area contributed by atoms with Crippen LogP contribution in [0.1, 0.15) is 54.7 Å². The maximum Gasteiger partial charge on any atom is 0.165 e. The number of hydrogen-bond donors (Lipinski definition) is 1. The average Bonchev–Trinajstić information content (AvgIpc) is 3.25. The lowest BCUT2D eigenvalue weighted by molar-refractivity contribution is 0.0214. The normalized spacial score (nSPS) is 22.2. The number of aliphatic hydroxyl groups is 1. The van der Waals surface area contributed by atoms with Crippen LogP contribution in [-0.2, 0) is 11.2 Å². The van der Waals surface area contributed by atoms with Gasteiger partial charge in [-0.15, -0.1) is 0 Å². The van der Waals surface area contributed by atoms with Crippen LogP contribution in [0.2, 0.25) is 0 Å². The van der Waals surface area contributed by atoms with E-state index in [1.165, 1.54) is 22.8 Å². The van der Waals surface area contributed by atoms with Crippen molar-refractivity contribution in [3.63, 3.8) is 0 Å². The largest absolute Gasteiger partial charge is 0.488 e. The van der Waals surface area contributed by atoms with E-state index in [0.29, 0.717) is 12.2 Å². The standard InChI is InChI=1S/C29H33FN2O3/c1-19-7-10-23(11-8-19)32-26-16-22-5-4-6-24(29(22,2)17-21(26)18-31-32)28(33)20-9-12-25(30)27(15-20)35-14-13-34-3/h7-12,15-16,18,24,28,33H,4-6,13-14,17H2,1-3H3/t24-,28+,29+/m1/s1. The van der Waals surface area contributed by atoms with Gasteiger partial charge in [-0.2, -0.15) is 5.10 Å². The van der Waals surface area contributed by atoms with E-state index in [9.17, 15) is 9.50 Å². The predicted octanol–water partition coefficient (Wildman–Crippen LogP) is 5.82. The monoisotopic (exact) mass is 476 g/mol. The number of aryl methyl sites for hydroxylation is 1. The second kappa shape index (κ2) is 9.59. The van der Waals surface area contributed by atoms with E-state index >= 15 is 0 Å². The first-order valence-corrected chi connectivity index (χ1v) is 12.3. The van der Waals surface area contributed by atoms with E-state index in [1.54, 1.807) is 19.2 Å². The number of benzene rings is 2. The number of halogens is 1. The molecule has 6 heteroatoms. The summed E-state index contributed by atoms with van der Waals surface area (Å²) in [7, 11) is 1.58. The van der Waals surface area contributed by atoms with Crippen LogP contribution in [0.5, 0.6) is 5.75 Å². The first-order valence-electron chi connectivity index (χ1n) is 12.3. The van der Waals surface area contributed by atoms with Crippen molar-refractivity contribution >= 4 is 6.08 Å². The highest BCUT2D eigenvalue weighted by Crippen LogP contribution is 2.55. The zero-order valence-electron chi connectivity index (χ0n) is 20.6. The summed E-state index contributed by atoms with van der Waals surface area (Å²) in [4.78, 5) is 0. The second-order valence-electron chi connectivity index (χ2n) is 10.0. The van der Waals surface area contributed by atoms with Crippen molar-refractivity contribution in [2.75, 3.05) is 20.3 Å². The molecular formula is C29H33FN2O3. The van der Waals surface area contributed by atoms with Gasteiger partial charge in [0, 0.05) is 7.11 Å². The van der Waals surface area contributed by atoms with Gasteiger partial charge < -0.3 is 14.6 Å². The smallest absolute Gasteiger partial charge is 0.165 e.